The van der Waals surface area contributed by atoms with E-state index in [2.05, 4.69) is 44.8 Å². The Morgan fingerprint density at radius 1 is 1.02 bits per heavy atom. The average Bonchev–Trinajstić information content (AvgIpc) is 3.61. The number of fused-ring (bicyclic) bond motifs is 4. The average molecular weight is 659 g/mol. The molecule has 268 valence electrons. The third-order valence-electron chi connectivity index (χ3n) is 16.8. The van der Waals surface area contributed by atoms with Crippen molar-refractivity contribution < 1.29 is 29.2 Å². The maximum Gasteiger partial charge on any atom is 0.170 e. The number of nitrogens with zero attached hydrogens (tertiary/aromatic N) is 1. The third kappa shape index (κ3) is 4.53. The Morgan fingerprint density at radius 3 is 2.43 bits per heavy atom. The zero-order valence-electron chi connectivity index (χ0n) is 30.7. The second-order valence-corrected chi connectivity index (χ2v) is 19.3. The van der Waals surface area contributed by atoms with Gasteiger partial charge in [0, 0.05) is 44.2 Å². The van der Waals surface area contributed by atoms with Crippen LogP contribution in [0.15, 0.2) is 0 Å². The SMILES string of the molecule is CCO[C@@H](C1C[C@@H](C)[C@H]2C(O1)[C@H](O)[C@@]1(C)C3CC[C@H]4C(C)(C)[C@@H](O[C@H]5CN(C6CNC6)CCO5)CC[C@@]45C[C@@]35CC[C@]21C)C(C)(C)O. The van der Waals surface area contributed by atoms with E-state index in [0.717, 1.165) is 45.6 Å². The van der Waals surface area contributed by atoms with E-state index in [0.29, 0.717) is 47.2 Å². The van der Waals surface area contributed by atoms with Crippen LogP contribution in [0.5, 0.6) is 0 Å². The number of morpholine rings is 1. The molecule has 3 N–H and O–H groups in total. The number of rotatable bonds is 7. The molecule has 8 nitrogen and oxygen atoms in total. The van der Waals surface area contributed by atoms with Gasteiger partial charge in [-0.2, -0.15) is 0 Å². The lowest BCUT2D eigenvalue weighted by atomic mass is 9.41. The van der Waals surface area contributed by atoms with E-state index in [1.165, 1.54) is 38.5 Å². The summed E-state index contributed by atoms with van der Waals surface area (Å²) in [7, 11) is 0. The fourth-order valence-corrected chi connectivity index (χ4v) is 14.5. The van der Waals surface area contributed by atoms with Crippen LogP contribution in [0.4, 0.5) is 0 Å². The van der Waals surface area contributed by atoms with Crippen LogP contribution >= 0.6 is 0 Å². The predicted molar refractivity (Wildman–Crippen MR) is 181 cm³/mol. The highest BCUT2D eigenvalue weighted by Gasteiger charge is 2.84. The van der Waals surface area contributed by atoms with Crippen LogP contribution in [0, 0.1) is 50.7 Å². The van der Waals surface area contributed by atoms with Gasteiger partial charge in [0.2, 0.25) is 0 Å². The summed E-state index contributed by atoms with van der Waals surface area (Å²) < 4.78 is 26.3. The Hall–Kier alpha value is -0.320. The minimum absolute atomic E-state index is 0.0276. The summed E-state index contributed by atoms with van der Waals surface area (Å²) in [5.74, 6) is 1.87. The van der Waals surface area contributed by atoms with E-state index in [9.17, 15) is 10.2 Å². The van der Waals surface area contributed by atoms with E-state index >= 15 is 0 Å². The number of hydrogen-bond donors (Lipinski definition) is 3. The molecule has 14 atom stereocenters. The lowest BCUT2D eigenvalue weighted by Crippen LogP contribution is -2.62. The van der Waals surface area contributed by atoms with Crippen molar-refractivity contribution in [1.29, 1.82) is 0 Å². The molecule has 8 fully saturated rings. The van der Waals surface area contributed by atoms with Crippen LogP contribution in [-0.2, 0) is 18.9 Å². The molecule has 3 saturated heterocycles. The molecule has 5 aliphatic carbocycles. The second kappa shape index (κ2) is 11.1. The minimum atomic E-state index is -1.01. The maximum absolute atomic E-state index is 12.6. The van der Waals surface area contributed by atoms with E-state index in [4.69, 9.17) is 18.9 Å². The normalized spacial score (nSPS) is 53.1. The summed E-state index contributed by atoms with van der Waals surface area (Å²) in [6.45, 7) is 23.4. The van der Waals surface area contributed by atoms with Crippen LogP contribution in [0.25, 0.3) is 0 Å². The Balaban J connectivity index is 1.03. The van der Waals surface area contributed by atoms with Crippen LogP contribution in [0.1, 0.15) is 107 Å². The van der Waals surface area contributed by atoms with Crippen molar-refractivity contribution in [2.45, 2.75) is 155 Å². The first kappa shape index (κ1) is 33.8. The van der Waals surface area contributed by atoms with Crippen LogP contribution < -0.4 is 5.32 Å². The van der Waals surface area contributed by atoms with E-state index in [1.807, 2.05) is 20.8 Å². The standard InChI is InChI=1S/C39H66N2O6/c1-9-44-33(35(5,6)43)25-18-23(2)30-31(46-25)32(42)37(8)27-11-10-26-34(3,4)28(47-29-21-41(16-17-45-29)24-19-40-20-24)12-13-38(26)22-39(27,38)15-14-36(30,37)7/h23-33,40,42-43H,9-22H2,1-8H3/t23-,25?,26+,27?,28+,29+,30+,31?,32+,33+,36-,37-,38-,39+/m1/s1. The number of aliphatic hydroxyl groups excluding tert-OH is 1. The van der Waals surface area contributed by atoms with Crippen LogP contribution in [0.3, 0.4) is 0 Å². The molecule has 47 heavy (non-hydrogen) atoms. The summed E-state index contributed by atoms with van der Waals surface area (Å²) in [5.41, 5.74) is -0.395. The number of aliphatic hydroxyl groups is 2. The Bertz CT molecular complexity index is 1200. The zero-order valence-corrected chi connectivity index (χ0v) is 30.7. The van der Waals surface area contributed by atoms with Gasteiger partial charge in [0.15, 0.2) is 6.29 Å². The van der Waals surface area contributed by atoms with Gasteiger partial charge in [-0.1, -0.05) is 34.6 Å². The van der Waals surface area contributed by atoms with Crippen molar-refractivity contribution in [3.05, 3.63) is 0 Å². The molecule has 5 saturated carbocycles. The fourth-order valence-electron chi connectivity index (χ4n) is 14.5. The molecule has 0 aromatic rings. The predicted octanol–water partition coefficient (Wildman–Crippen LogP) is 4.99. The van der Waals surface area contributed by atoms with Gasteiger partial charge in [-0.05, 0) is 117 Å². The first-order valence-electron chi connectivity index (χ1n) is 19.5. The molecule has 0 aromatic carbocycles. The molecule has 2 spiro atoms. The summed E-state index contributed by atoms with van der Waals surface area (Å²) >= 11 is 0. The van der Waals surface area contributed by atoms with Crippen molar-refractivity contribution in [2.24, 2.45) is 50.7 Å². The number of hydrogen-bond acceptors (Lipinski definition) is 8. The van der Waals surface area contributed by atoms with Gasteiger partial charge >= 0.3 is 0 Å². The molecule has 3 heterocycles. The Kier molecular flexibility index (Phi) is 7.98. The highest BCUT2D eigenvalue weighted by Crippen LogP contribution is 2.89. The third-order valence-corrected chi connectivity index (χ3v) is 16.8. The molecule has 8 rings (SSSR count). The molecular weight excluding hydrogens is 592 g/mol. The summed E-state index contributed by atoms with van der Waals surface area (Å²) in [4.78, 5) is 2.57. The smallest absolute Gasteiger partial charge is 0.170 e. The molecule has 8 aliphatic rings. The summed E-state index contributed by atoms with van der Waals surface area (Å²) in [6, 6.07) is 0.634. The molecule has 3 aliphatic heterocycles. The Labute approximate surface area is 284 Å². The van der Waals surface area contributed by atoms with Gasteiger partial charge in [-0.15, -0.1) is 0 Å². The largest absolute Gasteiger partial charge is 0.390 e. The highest BCUT2D eigenvalue weighted by molar-refractivity contribution is 5.33. The van der Waals surface area contributed by atoms with Gasteiger partial charge in [0.05, 0.1) is 36.6 Å². The molecule has 0 radical (unpaired) electrons. The Morgan fingerprint density at radius 2 is 1.74 bits per heavy atom. The monoisotopic (exact) mass is 658 g/mol. The lowest BCUT2D eigenvalue weighted by molar-refractivity contribution is -0.251. The molecule has 0 bridgehead atoms. The maximum atomic E-state index is 12.6. The lowest BCUT2D eigenvalue weighted by Gasteiger charge is -2.64. The topological polar surface area (TPSA) is 92.7 Å². The van der Waals surface area contributed by atoms with Crippen molar-refractivity contribution in [1.82, 2.24) is 10.2 Å². The molecule has 3 unspecified atom stereocenters. The highest BCUT2D eigenvalue weighted by atomic mass is 16.7. The fraction of sp³-hybridized carbons (Fsp3) is 1.00. The minimum Gasteiger partial charge on any atom is -0.390 e. The van der Waals surface area contributed by atoms with Crippen molar-refractivity contribution in [3.63, 3.8) is 0 Å². The molecular formula is C39H66N2O6. The first-order chi connectivity index (χ1) is 22.1. The number of nitrogens with one attached hydrogen (secondary N) is 1. The van der Waals surface area contributed by atoms with Gasteiger partial charge < -0.3 is 34.5 Å². The zero-order chi connectivity index (χ0) is 33.4. The first-order valence-corrected chi connectivity index (χ1v) is 19.5. The van der Waals surface area contributed by atoms with Crippen LogP contribution in [-0.4, -0.2) is 103 Å². The van der Waals surface area contributed by atoms with Crippen molar-refractivity contribution >= 4 is 0 Å². The second-order valence-electron chi connectivity index (χ2n) is 19.3. The van der Waals surface area contributed by atoms with Crippen molar-refractivity contribution in [3.8, 4) is 0 Å². The van der Waals surface area contributed by atoms with Gasteiger partial charge in [-0.25, -0.2) is 0 Å². The van der Waals surface area contributed by atoms with E-state index < -0.39 is 17.8 Å². The molecule has 0 amide bonds. The van der Waals surface area contributed by atoms with Gasteiger partial charge in [0.25, 0.3) is 0 Å². The van der Waals surface area contributed by atoms with E-state index in [-0.39, 0.29) is 40.8 Å². The van der Waals surface area contributed by atoms with Crippen molar-refractivity contribution in [2.75, 3.05) is 39.4 Å². The van der Waals surface area contributed by atoms with Gasteiger partial charge in [0.1, 0.15) is 6.10 Å². The summed E-state index contributed by atoms with van der Waals surface area (Å²) in [5, 5.41) is 27.1. The number of ether oxygens (including phenoxy) is 4. The van der Waals surface area contributed by atoms with Gasteiger partial charge in [-0.3, -0.25) is 4.90 Å². The quantitative estimate of drug-likeness (QED) is 0.353. The molecule has 8 heteroatoms. The molecule has 0 aromatic heterocycles. The summed E-state index contributed by atoms with van der Waals surface area (Å²) in [6.07, 6.45) is 8.19. The van der Waals surface area contributed by atoms with E-state index in [1.54, 1.807) is 0 Å². The van der Waals surface area contributed by atoms with Crippen LogP contribution in [0.2, 0.25) is 0 Å².